The van der Waals surface area contributed by atoms with Gasteiger partial charge in [0, 0.05) is 36.5 Å². The number of carbonyl (C=O) groups is 1. The maximum absolute atomic E-state index is 13.3. The minimum absolute atomic E-state index is 0.247. The number of fused-ring (bicyclic) bond motifs is 1. The number of aromatic nitrogens is 4. The van der Waals surface area contributed by atoms with Gasteiger partial charge < -0.3 is 9.88 Å². The van der Waals surface area contributed by atoms with Crippen LogP contribution in [0.15, 0.2) is 85.1 Å². The number of aryl methyl sites for hydroxylation is 2. The average Bonchev–Trinajstić information content (AvgIpc) is 3.38. The summed E-state index contributed by atoms with van der Waals surface area (Å²) in [5, 5.41) is 7.17. The van der Waals surface area contributed by atoms with E-state index < -0.39 is 0 Å². The number of halogens is 1. The molecule has 0 atom stereocenters. The molecule has 1 amide bonds. The van der Waals surface area contributed by atoms with Gasteiger partial charge in [-0.15, -0.1) is 0 Å². The van der Waals surface area contributed by atoms with Gasteiger partial charge >= 0.3 is 0 Å². The maximum Gasteiger partial charge on any atom is 0.248 e. The molecular formula is C28H24FN5O. The standard InChI is InChI=1S/C28H24FN5O/c1-19-31-25-5-3-4-6-26(25)34(19)18-20-7-14-24(15-8-20)32-27(35)16-11-22-17-30-33(2)28(22)21-9-12-23(29)13-10-21/h3-17H,18H2,1-2H3,(H,32,35). The zero-order chi connectivity index (χ0) is 24.4. The second kappa shape index (κ2) is 9.38. The van der Waals surface area contributed by atoms with Crippen molar-refractivity contribution in [3.63, 3.8) is 0 Å². The van der Waals surface area contributed by atoms with Crippen molar-refractivity contribution >= 4 is 28.7 Å². The third-order valence-electron chi connectivity index (χ3n) is 5.91. The number of nitrogens with one attached hydrogen (secondary N) is 1. The summed E-state index contributed by atoms with van der Waals surface area (Å²) in [7, 11) is 1.81. The van der Waals surface area contributed by atoms with Gasteiger partial charge in [-0.3, -0.25) is 9.48 Å². The van der Waals surface area contributed by atoms with E-state index in [1.54, 1.807) is 29.1 Å². The number of anilines is 1. The molecule has 0 aliphatic carbocycles. The molecule has 0 aliphatic heterocycles. The number of hydrogen-bond donors (Lipinski definition) is 1. The van der Waals surface area contributed by atoms with Crippen LogP contribution in [0.3, 0.4) is 0 Å². The highest BCUT2D eigenvalue weighted by atomic mass is 19.1. The number of nitrogens with zero attached hydrogens (tertiary/aromatic N) is 4. The van der Waals surface area contributed by atoms with Crippen molar-refractivity contribution in [3.05, 3.63) is 108 Å². The fraction of sp³-hybridized carbons (Fsp3) is 0.107. The SMILES string of the molecule is Cc1nc2ccccc2n1Cc1ccc(NC(=O)C=Cc2cnn(C)c2-c2ccc(F)cc2)cc1. The Morgan fingerprint density at radius 2 is 1.77 bits per heavy atom. The van der Waals surface area contributed by atoms with E-state index >= 15 is 0 Å². The second-order valence-corrected chi connectivity index (χ2v) is 8.33. The predicted molar refractivity (Wildman–Crippen MR) is 136 cm³/mol. The van der Waals surface area contributed by atoms with Crippen LogP contribution in [0.1, 0.15) is 17.0 Å². The monoisotopic (exact) mass is 465 g/mol. The van der Waals surface area contributed by atoms with Gasteiger partial charge in [0.15, 0.2) is 0 Å². The molecule has 0 spiro atoms. The molecule has 174 valence electrons. The molecule has 5 rings (SSSR count). The summed E-state index contributed by atoms with van der Waals surface area (Å²) in [6, 6.07) is 22.1. The first-order valence-electron chi connectivity index (χ1n) is 11.3. The molecule has 0 bridgehead atoms. The smallest absolute Gasteiger partial charge is 0.248 e. The quantitative estimate of drug-likeness (QED) is 0.333. The lowest BCUT2D eigenvalue weighted by molar-refractivity contribution is -0.111. The number of hydrogen-bond acceptors (Lipinski definition) is 3. The van der Waals surface area contributed by atoms with Gasteiger partial charge in [-0.1, -0.05) is 24.3 Å². The number of amides is 1. The van der Waals surface area contributed by atoms with Gasteiger partial charge in [-0.05, 0) is 67.1 Å². The van der Waals surface area contributed by atoms with E-state index in [1.165, 1.54) is 18.2 Å². The Morgan fingerprint density at radius 1 is 1.03 bits per heavy atom. The zero-order valence-corrected chi connectivity index (χ0v) is 19.4. The molecule has 6 nitrogen and oxygen atoms in total. The first-order valence-corrected chi connectivity index (χ1v) is 11.3. The molecule has 0 radical (unpaired) electrons. The molecule has 0 unspecified atom stereocenters. The summed E-state index contributed by atoms with van der Waals surface area (Å²) in [4.78, 5) is 17.1. The lowest BCUT2D eigenvalue weighted by atomic mass is 10.1. The second-order valence-electron chi connectivity index (χ2n) is 8.33. The third-order valence-corrected chi connectivity index (χ3v) is 5.91. The summed E-state index contributed by atoms with van der Waals surface area (Å²) < 4.78 is 17.2. The van der Waals surface area contributed by atoms with E-state index in [-0.39, 0.29) is 11.7 Å². The predicted octanol–water partition coefficient (Wildman–Crippen LogP) is 5.58. The molecule has 5 aromatic rings. The molecule has 2 heterocycles. The summed E-state index contributed by atoms with van der Waals surface area (Å²) >= 11 is 0. The Morgan fingerprint density at radius 3 is 2.54 bits per heavy atom. The van der Waals surface area contributed by atoms with Crippen LogP contribution in [-0.2, 0) is 18.4 Å². The Labute approximate surface area is 202 Å². The molecule has 3 aromatic carbocycles. The highest BCUT2D eigenvalue weighted by molar-refractivity contribution is 6.02. The van der Waals surface area contributed by atoms with Gasteiger partial charge in [0.1, 0.15) is 11.6 Å². The van der Waals surface area contributed by atoms with Crippen molar-refractivity contribution in [2.45, 2.75) is 13.5 Å². The van der Waals surface area contributed by atoms with Gasteiger partial charge in [-0.25, -0.2) is 9.37 Å². The van der Waals surface area contributed by atoms with Gasteiger partial charge in [0.05, 0.1) is 22.9 Å². The molecule has 7 heteroatoms. The summed E-state index contributed by atoms with van der Waals surface area (Å²) in [5.41, 5.74) is 6.31. The number of para-hydroxylation sites is 2. The Bertz CT molecular complexity index is 1530. The number of imidazole rings is 1. The highest BCUT2D eigenvalue weighted by Crippen LogP contribution is 2.24. The largest absolute Gasteiger partial charge is 0.324 e. The zero-order valence-electron chi connectivity index (χ0n) is 19.4. The van der Waals surface area contributed by atoms with Crippen LogP contribution in [0.5, 0.6) is 0 Å². The lowest BCUT2D eigenvalue weighted by Gasteiger charge is -2.08. The minimum atomic E-state index is -0.299. The summed E-state index contributed by atoms with van der Waals surface area (Å²) in [6.45, 7) is 2.71. The summed E-state index contributed by atoms with van der Waals surface area (Å²) in [5.74, 6) is 0.416. The fourth-order valence-corrected chi connectivity index (χ4v) is 4.16. The summed E-state index contributed by atoms with van der Waals surface area (Å²) in [6.07, 6.45) is 4.86. The van der Waals surface area contributed by atoms with Crippen LogP contribution in [0.2, 0.25) is 0 Å². The van der Waals surface area contributed by atoms with E-state index in [0.29, 0.717) is 12.2 Å². The molecule has 35 heavy (non-hydrogen) atoms. The Kier molecular flexibility index (Phi) is 5.97. The van der Waals surface area contributed by atoms with Crippen LogP contribution in [0.4, 0.5) is 10.1 Å². The normalized spacial score (nSPS) is 11.4. The topological polar surface area (TPSA) is 64.7 Å². The fourth-order valence-electron chi connectivity index (χ4n) is 4.16. The molecule has 0 saturated heterocycles. The Hall–Kier alpha value is -4.52. The van der Waals surface area contributed by atoms with Gasteiger partial charge in [0.25, 0.3) is 0 Å². The molecule has 2 aromatic heterocycles. The van der Waals surface area contributed by atoms with E-state index in [1.807, 2.05) is 56.4 Å². The molecular weight excluding hydrogens is 441 g/mol. The van der Waals surface area contributed by atoms with Crippen molar-refractivity contribution < 1.29 is 9.18 Å². The molecule has 0 aliphatic rings. The third kappa shape index (κ3) is 4.75. The van der Waals surface area contributed by atoms with E-state index in [0.717, 1.165) is 39.2 Å². The van der Waals surface area contributed by atoms with Crippen LogP contribution in [-0.4, -0.2) is 25.2 Å². The van der Waals surface area contributed by atoms with Crippen molar-refractivity contribution in [2.75, 3.05) is 5.32 Å². The van der Waals surface area contributed by atoms with Crippen LogP contribution in [0.25, 0.3) is 28.4 Å². The van der Waals surface area contributed by atoms with Crippen molar-refractivity contribution in [2.24, 2.45) is 7.05 Å². The van der Waals surface area contributed by atoms with Crippen LogP contribution < -0.4 is 5.32 Å². The van der Waals surface area contributed by atoms with Gasteiger partial charge in [0.2, 0.25) is 5.91 Å². The molecule has 0 saturated carbocycles. The minimum Gasteiger partial charge on any atom is -0.324 e. The lowest BCUT2D eigenvalue weighted by Crippen LogP contribution is -2.08. The average molecular weight is 466 g/mol. The number of rotatable bonds is 6. The van der Waals surface area contributed by atoms with Crippen LogP contribution in [0, 0.1) is 12.7 Å². The van der Waals surface area contributed by atoms with Gasteiger partial charge in [-0.2, -0.15) is 5.10 Å². The first kappa shape index (κ1) is 22.3. The van der Waals surface area contributed by atoms with Crippen molar-refractivity contribution in [1.82, 2.24) is 19.3 Å². The van der Waals surface area contributed by atoms with Crippen molar-refractivity contribution in [3.8, 4) is 11.3 Å². The van der Waals surface area contributed by atoms with E-state index in [9.17, 15) is 9.18 Å². The van der Waals surface area contributed by atoms with Crippen LogP contribution >= 0.6 is 0 Å². The maximum atomic E-state index is 13.3. The molecule has 0 fully saturated rings. The number of benzene rings is 3. The van der Waals surface area contributed by atoms with Crippen molar-refractivity contribution in [1.29, 1.82) is 0 Å². The number of carbonyl (C=O) groups excluding carboxylic acids is 1. The molecule has 1 N–H and O–H groups in total. The van der Waals surface area contributed by atoms with E-state index in [4.69, 9.17) is 0 Å². The van der Waals surface area contributed by atoms with E-state index in [2.05, 4.69) is 26.0 Å². The Balaban J connectivity index is 1.26. The highest BCUT2D eigenvalue weighted by Gasteiger charge is 2.10. The first-order chi connectivity index (χ1) is 17.0.